The number of rotatable bonds is 6. The Bertz CT molecular complexity index is 1230. The summed E-state index contributed by atoms with van der Waals surface area (Å²) in [5.41, 5.74) is 1.56. The van der Waals surface area contributed by atoms with Crippen LogP contribution in [0.4, 0.5) is 11.4 Å². The van der Waals surface area contributed by atoms with E-state index in [1.807, 2.05) is 42.5 Å². The van der Waals surface area contributed by atoms with Crippen LogP contribution in [0.15, 0.2) is 91.0 Å². The highest BCUT2D eigenvalue weighted by Crippen LogP contribution is 2.25. The number of para-hydroxylation sites is 1. The van der Waals surface area contributed by atoms with E-state index in [-0.39, 0.29) is 18.4 Å². The van der Waals surface area contributed by atoms with E-state index in [1.54, 1.807) is 48.5 Å². The van der Waals surface area contributed by atoms with E-state index < -0.39 is 0 Å². The molecule has 0 atom stereocenters. The standard InChI is InChI=1S/C25H19ClN2O3/c26-21-9-3-4-10-22(21)28-25(30)18-12-14-19(15-13-18)27-24(29)16-31-23-11-5-7-17-6-1-2-8-20(17)23/h1-15H,16H2,(H,27,29)(H,28,30). The summed E-state index contributed by atoms with van der Waals surface area (Å²) in [5, 5.41) is 7.99. The van der Waals surface area contributed by atoms with Gasteiger partial charge < -0.3 is 15.4 Å². The molecule has 2 N–H and O–H groups in total. The van der Waals surface area contributed by atoms with Crippen LogP contribution in [-0.4, -0.2) is 18.4 Å². The molecule has 4 aromatic rings. The van der Waals surface area contributed by atoms with E-state index in [0.717, 1.165) is 10.8 Å². The number of carbonyl (C=O) groups excluding carboxylic acids is 2. The SMILES string of the molecule is O=C(COc1cccc2ccccc12)Nc1ccc(C(=O)Nc2ccccc2Cl)cc1. The molecule has 5 nitrogen and oxygen atoms in total. The molecule has 0 saturated heterocycles. The summed E-state index contributed by atoms with van der Waals surface area (Å²) in [5.74, 6) is 0.0753. The van der Waals surface area contributed by atoms with Crippen LogP contribution in [0.5, 0.6) is 5.75 Å². The van der Waals surface area contributed by atoms with Gasteiger partial charge in [-0.25, -0.2) is 0 Å². The molecule has 4 rings (SSSR count). The summed E-state index contributed by atoms with van der Waals surface area (Å²) in [6, 6.07) is 27.2. The fourth-order valence-corrected chi connectivity index (χ4v) is 3.31. The van der Waals surface area contributed by atoms with Crippen molar-refractivity contribution in [2.45, 2.75) is 0 Å². The number of carbonyl (C=O) groups is 2. The van der Waals surface area contributed by atoms with Gasteiger partial charge in [0.15, 0.2) is 6.61 Å². The molecule has 0 spiro atoms. The van der Waals surface area contributed by atoms with Crippen LogP contribution < -0.4 is 15.4 Å². The van der Waals surface area contributed by atoms with Crippen molar-refractivity contribution in [2.75, 3.05) is 17.2 Å². The lowest BCUT2D eigenvalue weighted by Gasteiger charge is -2.10. The Kier molecular flexibility index (Phi) is 6.15. The quantitative estimate of drug-likeness (QED) is 0.408. The van der Waals surface area contributed by atoms with Gasteiger partial charge in [0.25, 0.3) is 11.8 Å². The first-order valence-electron chi connectivity index (χ1n) is 9.66. The average Bonchev–Trinajstić information content (AvgIpc) is 2.79. The molecule has 6 heteroatoms. The van der Waals surface area contributed by atoms with E-state index in [9.17, 15) is 9.59 Å². The summed E-state index contributed by atoms with van der Waals surface area (Å²) in [7, 11) is 0. The molecular weight excluding hydrogens is 412 g/mol. The second-order valence-corrected chi connectivity index (χ2v) is 7.23. The zero-order valence-electron chi connectivity index (χ0n) is 16.5. The maximum atomic E-state index is 12.4. The number of halogens is 1. The Morgan fingerprint density at radius 2 is 1.48 bits per heavy atom. The van der Waals surface area contributed by atoms with Crippen molar-refractivity contribution in [3.63, 3.8) is 0 Å². The van der Waals surface area contributed by atoms with Gasteiger partial charge in [0.1, 0.15) is 5.75 Å². The first-order chi connectivity index (χ1) is 15.1. The van der Waals surface area contributed by atoms with E-state index >= 15 is 0 Å². The van der Waals surface area contributed by atoms with E-state index in [1.165, 1.54) is 0 Å². The third kappa shape index (κ3) is 5.02. The summed E-state index contributed by atoms with van der Waals surface area (Å²) in [6.45, 7) is -0.122. The Morgan fingerprint density at radius 3 is 2.29 bits per heavy atom. The van der Waals surface area contributed by atoms with E-state index in [0.29, 0.717) is 27.7 Å². The van der Waals surface area contributed by atoms with Gasteiger partial charge >= 0.3 is 0 Å². The highest BCUT2D eigenvalue weighted by atomic mass is 35.5. The van der Waals surface area contributed by atoms with Gasteiger partial charge in [0.05, 0.1) is 10.7 Å². The van der Waals surface area contributed by atoms with Crippen molar-refractivity contribution in [3.05, 3.63) is 102 Å². The molecule has 0 aliphatic carbocycles. The molecule has 0 aromatic heterocycles. The summed E-state index contributed by atoms with van der Waals surface area (Å²) < 4.78 is 5.70. The average molecular weight is 431 g/mol. The highest BCUT2D eigenvalue weighted by Gasteiger charge is 2.10. The molecular formula is C25H19ClN2O3. The third-order valence-electron chi connectivity index (χ3n) is 4.66. The minimum absolute atomic E-state index is 0.122. The fourth-order valence-electron chi connectivity index (χ4n) is 3.12. The molecule has 0 aliphatic rings. The third-order valence-corrected chi connectivity index (χ3v) is 4.99. The molecule has 154 valence electrons. The largest absolute Gasteiger partial charge is 0.483 e. The van der Waals surface area contributed by atoms with Crippen molar-refractivity contribution in [2.24, 2.45) is 0 Å². The normalized spacial score (nSPS) is 10.5. The van der Waals surface area contributed by atoms with Crippen LogP contribution in [-0.2, 0) is 4.79 Å². The number of fused-ring (bicyclic) bond motifs is 1. The van der Waals surface area contributed by atoms with Crippen LogP contribution >= 0.6 is 11.6 Å². The lowest BCUT2D eigenvalue weighted by atomic mass is 10.1. The topological polar surface area (TPSA) is 67.4 Å². The fraction of sp³-hybridized carbons (Fsp3) is 0.0400. The zero-order valence-corrected chi connectivity index (χ0v) is 17.2. The molecule has 0 radical (unpaired) electrons. The van der Waals surface area contributed by atoms with Gasteiger partial charge in [0.2, 0.25) is 0 Å². The van der Waals surface area contributed by atoms with Gasteiger partial charge in [-0.1, -0.05) is 60.1 Å². The number of anilines is 2. The molecule has 2 amide bonds. The second kappa shape index (κ2) is 9.32. The first-order valence-corrected chi connectivity index (χ1v) is 10.0. The van der Waals surface area contributed by atoms with Crippen LogP contribution in [0.25, 0.3) is 10.8 Å². The molecule has 0 unspecified atom stereocenters. The number of benzene rings is 4. The molecule has 0 bridgehead atoms. The first kappa shape index (κ1) is 20.4. The Balaban J connectivity index is 1.34. The molecule has 0 saturated carbocycles. The van der Waals surface area contributed by atoms with Crippen molar-refractivity contribution in [3.8, 4) is 5.75 Å². The Morgan fingerprint density at radius 1 is 0.774 bits per heavy atom. The smallest absolute Gasteiger partial charge is 0.262 e. The van der Waals surface area contributed by atoms with Crippen molar-refractivity contribution in [1.29, 1.82) is 0 Å². The number of ether oxygens (including phenoxy) is 1. The van der Waals surface area contributed by atoms with Gasteiger partial charge in [-0.05, 0) is 47.9 Å². The highest BCUT2D eigenvalue weighted by molar-refractivity contribution is 6.33. The molecule has 0 aliphatic heterocycles. The number of hydrogen-bond donors (Lipinski definition) is 2. The second-order valence-electron chi connectivity index (χ2n) is 6.83. The molecule has 0 fully saturated rings. The molecule has 31 heavy (non-hydrogen) atoms. The van der Waals surface area contributed by atoms with Crippen LogP contribution in [0.1, 0.15) is 10.4 Å². The Hall–Kier alpha value is -3.83. The van der Waals surface area contributed by atoms with Crippen LogP contribution in [0.3, 0.4) is 0 Å². The molecule has 4 aromatic carbocycles. The van der Waals surface area contributed by atoms with Crippen LogP contribution in [0.2, 0.25) is 5.02 Å². The Labute approximate surface area is 184 Å². The number of hydrogen-bond acceptors (Lipinski definition) is 3. The van der Waals surface area contributed by atoms with Gasteiger partial charge in [0, 0.05) is 16.6 Å². The minimum atomic E-state index is -0.291. The van der Waals surface area contributed by atoms with E-state index in [4.69, 9.17) is 16.3 Å². The van der Waals surface area contributed by atoms with Gasteiger partial charge in [-0.3, -0.25) is 9.59 Å². The minimum Gasteiger partial charge on any atom is -0.483 e. The lowest BCUT2D eigenvalue weighted by molar-refractivity contribution is -0.118. The van der Waals surface area contributed by atoms with E-state index in [2.05, 4.69) is 10.6 Å². The summed E-state index contributed by atoms with van der Waals surface area (Å²) in [6.07, 6.45) is 0. The van der Waals surface area contributed by atoms with Gasteiger partial charge in [-0.15, -0.1) is 0 Å². The number of nitrogens with one attached hydrogen (secondary N) is 2. The lowest BCUT2D eigenvalue weighted by Crippen LogP contribution is -2.20. The zero-order chi connectivity index (χ0) is 21.6. The van der Waals surface area contributed by atoms with Crippen LogP contribution in [0, 0.1) is 0 Å². The summed E-state index contributed by atoms with van der Waals surface area (Å²) >= 11 is 6.07. The monoisotopic (exact) mass is 430 g/mol. The summed E-state index contributed by atoms with van der Waals surface area (Å²) in [4.78, 5) is 24.7. The predicted molar refractivity (Wildman–Crippen MR) is 124 cm³/mol. The molecule has 0 heterocycles. The van der Waals surface area contributed by atoms with Crippen molar-refractivity contribution >= 4 is 45.6 Å². The maximum absolute atomic E-state index is 12.4. The number of amides is 2. The predicted octanol–water partition coefficient (Wildman–Crippen LogP) is 5.76. The van der Waals surface area contributed by atoms with Crippen molar-refractivity contribution in [1.82, 2.24) is 0 Å². The maximum Gasteiger partial charge on any atom is 0.262 e. The van der Waals surface area contributed by atoms with Crippen molar-refractivity contribution < 1.29 is 14.3 Å². The van der Waals surface area contributed by atoms with Gasteiger partial charge in [-0.2, -0.15) is 0 Å².